The van der Waals surface area contributed by atoms with Gasteiger partial charge in [0.25, 0.3) is 6.47 Å². The number of nitrogens with zero attached hydrogens (tertiary/aromatic N) is 1. The molecule has 5 nitrogen and oxygen atoms in total. The molecule has 14 heavy (non-hydrogen) atoms. The lowest BCUT2D eigenvalue weighted by Crippen LogP contribution is -2.43. The molecule has 1 atom stereocenters. The van der Waals surface area contributed by atoms with Gasteiger partial charge in [0.15, 0.2) is 0 Å². The van der Waals surface area contributed by atoms with Gasteiger partial charge in [0.2, 0.25) is 0 Å². The molecule has 84 valence electrons. The molecule has 0 radical (unpaired) electrons. The molecule has 0 aliphatic carbocycles. The molecule has 0 bridgehead atoms. The van der Waals surface area contributed by atoms with Gasteiger partial charge in [-0.2, -0.15) is 0 Å². The Balaban J connectivity index is 0.000000500. The smallest absolute Gasteiger partial charge is 0.290 e. The van der Waals surface area contributed by atoms with E-state index in [9.17, 15) is 0 Å². The Labute approximate surface area is 85.0 Å². The van der Waals surface area contributed by atoms with Crippen LogP contribution >= 0.6 is 0 Å². The van der Waals surface area contributed by atoms with Crippen molar-refractivity contribution in [1.29, 1.82) is 0 Å². The van der Waals surface area contributed by atoms with Crippen molar-refractivity contribution in [3.05, 3.63) is 0 Å². The second-order valence-electron chi connectivity index (χ2n) is 3.06. The molecule has 1 aliphatic rings. The van der Waals surface area contributed by atoms with Crippen LogP contribution in [0.1, 0.15) is 19.8 Å². The Kier molecular flexibility index (Phi) is 8.51. The van der Waals surface area contributed by atoms with Gasteiger partial charge < -0.3 is 9.84 Å². The molecule has 0 saturated carbocycles. The van der Waals surface area contributed by atoms with E-state index in [4.69, 9.17) is 14.6 Å². The van der Waals surface area contributed by atoms with Gasteiger partial charge in [-0.05, 0) is 12.8 Å². The molecule has 1 saturated heterocycles. The lowest BCUT2D eigenvalue weighted by Gasteiger charge is -2.23. The Morgan fingerprint density at radius 1 is 1.71 bits per heavy atom. The largest absolute Gasteiger partial charge is 0.483 e. The Morgan fingerprint density at radius 3 is 2.86 bits per heavy atom. The highest BCUT2D eigenvalue weighted by atomic mass is 16.5. The normalized spacial score (nSPS) is 21.4. The summed E-state index contributed by atoms with van der Waals surface area (Å²) in [5, 5.41) is 9.18. The maximum atomic E-state index is 8.36. The molecular formula is C9H20N2O3. The van der Waals surface area contributed by atoms with Crippen molar-refractivity contribution in [3.63, 3.8) is 0 Å². The lowest BCUT2D eigenvalue weighted by molar-refractivity contribution is -0.122. The van der Waals surface area contributed by atoms with Gasteiger partial charge in [-0.1, -0.05) is 6.92 Å². The summed E-state index contributed by atoms with van der Waals surface area (Å²) >= 11 is 0. The topological polar surface area (TPSA) is 61.8 Å². The molecule has 0 amide bonds. The second-order valence-corrected chi connectivity index (χ2v) is 3.06. The number of hydrogen-bond acceptors (Lipinski definition) is 4. The average molecular weight is 204 g/mol. The Hall–Kier alpha value is -0.650. The number of nitrogens with one attached hydrogen (secondary N) is 1. The quantitative estimate of drug-likeness (QED) is 0.646. The summed E-state index contributed by atoms with van der Waals surface area (Å²) in [5.41, 5.74) is 3.33. The zero-order valence-electron chi connectivity index (χ0n) is 8.90. The number of ether oxygens (including phenoxy) is 1. The average Bonchev–Trinajstić information content (AvgIpc) is 2.56. The number of hydrazine groups is 1. The van der Waals surface area contributed by atoms with Crippen molar-refractivity contribution in [3.8, 4) is 0 Å². The van der Waals surface area contributed by atoms with Crippen molar-refractivity contribution in [2.75, 3.05) is 26.8 Å². The van der Waals surface area contributed by atoms with E-state index in [1.54, 1.807) is 7.11 Å². The summed E-state index contributed by atoms with van der Waals surface area (Å²) in [6, 6.07) is 0.597. The Bertz CT molecular complexity index is 132. The van der Waals surface area contributed by atoms with Gasteiger partial charge in [0.1, 0.15) is 0 Å². The zero-order chi connectivity index (χ0) is 10.8. The van der Waals surface area contributed by atoms with Crippen molar-refractivity contribution in [1.82, 2.24) is 10.4 Å². The summed E-state index contributed by atoms with van der Waals surface area (Å²) in [5.74, 6) is 0. The molecule has 0 spiro atoms. The van der Waals surface area contributed by atoms with Gasteiger partial charge >= 0.3 is 0 Å². The first-order chi connectivity index (χ1) is 6.79. The first-order valence-corrected chi connectivity index (χ1v) is 4.87. The van der Waals surface area contributed by atoms with E-state index in [2.05, 4.69) is 17.4 Å². The summed E-state index contributed by atoms with van der Waals surface area (Å²) in [7, 11) is 1.77. The minimum absolute atomic E-state index is 0.250. The second kappa shape index (κ2) is 8.93. The molecule has 5 heteroatoms. The molecule has 1 fully saturated rings. The van der Waals surface area contributed by atoms with Crippen LogP contribution in [0.4, 0.5) is 0 Å². The minimum Gasteiger partial charge on any atom is -0.483 e. The number of rotatable bonds is 4. The first kappa shape index (κ1) is 13.4. The van der Waals surface area contributed by atoms with Crippen LogP contribution in [0, 0.1) is 0 Å². The predicted octanol–water partition coefficient (Wildman–Crippen LogP) is 0.322. The molecule has 0 aromatic rings. The number of carboxylic acid groups (broad SMARTS) is 1. The highest BCUT2D eigenvalue weighted by Gasteiger charge is 2.22. The fourth-order valence-electron chi connectivity index (χ4n) is 1.61. The van der Waals surface area contributed by atoms with Crippen molar-refractivity contribution in [2.45, 2.75) is 25.8 Å². The van der Waals surface area contributed by atoms with E-state index in [0.717, 1.165) is 13.2 Å². The van der Waals surface area contributed by atoms with Crippen LogP contribution in [-0.2, 0) is 9.53 Å². The number of hydrogen-bond donors (Lipinski definition) is 2. The molecular weight excluding hydrogens is 184 g/mol. The van der Waals surface area contributed by atoms with Crippen LogP contribution in [0.3, 0.4) is 0 Å². The number of carbonyl (C=O) groups is 1. The van der Waals surface area contributed by atoms with Crippen LogP contribution in [-0.4, -0.2) is 49.4 Å². The third kappa shape index (κ3) is 5.16. The van der Waals surface area contributed by atoms with Crippen LogP contribution in [0.15, 0.2) is 0 Å². The van der Waals surface area contributed by atoms with Crippen LogP contribution in [0.5, 0.6) is 0 Å². The third-order valence-corrected chi connectivity index (χ3v) is 2.10. The summed E-state index contributed by atoms with van der Waals surface area (Å²) in [4.78, 5) is 8.36. The monoisotopic (exact) mass is 204 g/mol. The van der Waals surface area contributed by atoms with Crippen molar-refractivity contribution in [2.24, 2.45) is 0 Å². The van der Waals surface area contributed by atoms with Crippen molar-refractivity contribution >= 4 is 6.47 Å². The summed E-state index contributed by atoms with van der Waals surface area (Å²) < 4.78 is 5.12. The van der Waals surface area contributed by atoms with E-state index in [1.807, 2.05) is 0 Å². The van der Waals surface area contributed by atoms with Crippen LogP contribution in [0.25, 0.3) is 0 Å². The number of methoxy groups -OCH3 is 1. The SMILES string of the molecule is CCNN1CCCC1COC.O=CO. The molecule has 1 unspecified atom stereocenters. The van der Waals surface area contributed by atoms with Crippen molar-refractivity contribution < 1.29 is 14.6 Å². The van der Waals surface area contributed by atoms with Gasteiger partial charge in [-0.25, -0.2) is 5.01 Å². The minimum atomic E-state index is -0.250. The maximum Gasteiger partial charge on any atom is 0.290 e. The molecule has 1 heterocycles. The zero-order valence-corrected chi connectivity index (χ0v) is 8.90. The van der Waals surface area contributed by atoms with E-state index < -0.39 is 0 Å². The van der Waals surface area contributed by atoms with E-state index >= 15 is 0 Å². The van der Waals surface area contributed by atoms with E-state index in [1.165, 1.54) is 19.4 Å². The van der Waals surface area contributed by atoms with Gasteiger partial charge in [0, 0.05) is 26.2 Å². The standard InChI is InChI=1S/C8H18N2O.CH2O2/c1-3-9-10-6-4-5-8(10)7-11-2;2-1-3/h8-9H,3-7H2,1-2H3;1H,(H,2,3). The molecule has 1 rings (SSSR count). The highest BCUT2D eigenvalue weighted by molar-refractivity contribution is 5.32. The fraction of sp³-hybridized carbons (Fsp3) is 0.889. The van der Waals surface area contributed by atoms with Gasteiger partial charge in [-0.15, -0.1) is 0 Å². The predicted molar refractivity (Wildman–Crippen MR) is 54.0 cm³/mol. The van der Waals surface area contributed by atoms with E-state index in [-0.39, 0.29) is 6.47 Å². The fourth-order valence-corrected chi connectivity index (χ4v) is 1.61. The first-order valence-electron chi connectivity index (χ1n) is 4.87. The van der Waals surface area contributed by atoms with Gasteiger partial charge in [-0.3, -0.25) is 10.2 Å². The molecule has 2 N–H and O–H groups in total. The summed E-state index contributed by atoms with van der Waals surface area (Å²) in [6.45, 7) is 4.91. The third-order valence-electron chi connectivity index (χ3n) is 2.10. The molecule has 1 aliphatic heterocycles. The maximum absolute atomic E-state index is 8.36. The van der Waals surface area contributed by atoms with E-state index in [0.29, 0.717) is 6.04 Å². The Morgan fingerprint density at radius 2 is 2.36 bits per heavy atom. The summed E-state index contributed by atoms with van der Waals surface area (Å²) in [6.07, 6.45) is 2.56. The molecule has 0 aromatic carbocycles. The lowest BCUT2D eigenvalue weighted by atomic mass is 10.2. The highest BCUT2D eigenvalue weighted by Crippen LogP contribution is 2.14. The van der Waals surface area contributed by atoms with Gasteiger partial charge in [0.05, 0.1) is 6.61 Å². The molecule has 0 aromatic heterocycles. The van der Waals surface area contributed by atoms with Crippen LogP contribution in [0.2, 0.25) is 0 Å². The van der Waals surface area contributed by atoms with Crippen LogP contribution < -0.4 is 5.43 Å².